The fraction of sp³-hybridized carbons (Fsp3) is 0.938. The van der Waals surface area contributed by atoms with Crippen molar-refractivity contribution in [1.82, 2.24) is 0 Å². The van der Waals surface area contributed by atoms with Gasteiger partial charge in [-0.1, -0.05) is 13.3 Å². The fourth-order valence-corrected chi connectivity index (χ4v) is 1.01. The summed E-state index contributed by atoms with van der Waals surface area (Å²) in [5, 5.41) is 0. The molecular weight excluding hydrogens is 290 g/mol. The molecule has 0 unspecified atom stereocenters. The van der Waals surface area contributed by atoms with Crippen LogP contribution in [0.2, 0.25) is 0 Å². The average Bonchev–Trinajstić information content (AvgIpc) is 2.58. The zero-order valence-electron chi connectivity index (χ0n) is 15.4. The fourth-order valence-electron chi connectivity index (χ4n) is 1.01. The lowest BCUT2D eigenvalue weighted by Gasteiger charge is -1.87. The Morgan fingerprint density at radius 2 is 0.522 bits per heavy atom. The van der Waals surface area contributed by atoms with E-state index in [0.29, 0.717) is 0 Å². The highest BCUT2D eigenvalue weighted by atomic mass is 14.6. The van der Waals surface area contributed by atoms with Gasteiger partial charge in [0.2, 0.25) is 0 Å². The molecule has 1 radical (unpaired) electrons. The minimum atomic E-state index is 0.775. The third-order valence-corrected chi connectivity index (χ3v) is 2.43. The summed E-state index contributed by atoms with van der Waals surface area (Å²) in [6.45, 7) is 9.03. The molecule has 0 aromatic carbocycles. The van der Waals surface area contributed by atoms with Gasteiger partial charge in [-0.2, -0.15) is 0 Å². The van der Waals surface area contributed by atoms with Crippen LogP contribution in [0.15, 0.2) is 0 Å². The maximum Gasteiger partial charge on any atom is -0.00768 e. The first-order chi connectivity index (χ1) is 11.2. The van der Waals surface area contributed by atoms with Crippen molar-refractivity contribution in [3.05, 3.63) is 6.92 Å². The molecule has 0 aromatic rings. The first kappa shape index (κ1) is 30.6. The molecule has 0 heterocycles. The minimum Gasteiger partial charge on any atom is -0.330 e. The second-order valence-corrected chi connectivity index (χ2v) is 4.85. The third-order valence-electron chi connectivity index (χ3n) is 2.43. The van der Waals surface area contributed by atoms with Crippen LogP contribution >= 0.6 is 0 Å². The number of hydrogen-bond acceptors (Lipinski definition) is 7. The molecule has 145 valence electrons. The Morgan fingerprint density at radius 1 is 0.348 bits per heavy atom. The lowest BCUT2D eigenvalue weighted by Crippen LogP contribution is -2.03. The van der Waals surface area contributed by atoms with Crippen molar-refractivity contribution >= 4 is 0 Å². The van der Waals surface area contributed by atoms with Gasteiger partial charge in [0.25, 0.3) is 0 Å². The van der Waals surface area contributed by atoms with Crippen molar-refractivity contribution < 1.29 is 0 Å². The highest BCUT2D eigenvalue weighted by Gasteiger charge is 1.76. The molecule has 23 heavy (non-hydrogen) atoms. The summed E-state index contributed by atoms with van der Waals surface area (Å²) in [7, 11) is 0. The van der Waals surface area contributed by atoms with E-state index in [2.05, 4.69) is 6.92 Å². The third kappa shape index (κ3) is 73.5. The molecule has 0 saturated heterocycles. The molecule has 7 heteroatoms. The lowest BCUT2D eigenvalue weighted by molar-refractivity contribution is 0.755. The monoisotopic (exact) mass is 336 g/mol. The van der Waals surface area contributed by atoms with Crippen LogP contribution in [-0.2, 0) is 0 Å². The number of rotatable bonds is 11. The van der Waals surface area contributed by atoms with Crippen LogP contribution in [-0.4, -0.2) is 45.8 Å². The molecule has 0 aliphatic carbocycles. The summed E-state index contributed by atoms with van der Waals surface area (Å²) in [5.41, 5.74) is 36.1. The molecule has 0 bridgehead atoms. The smallest absolute Gasteiger partial charge is 0.00768 e. The normalized spacial score (nSPS) is 8.87. The SMILES string of the molecule is NCCCCN.NCCCCN.NCCCCN.[CH2]CCCN. The number of nitrogens with two attached hydrogens (primary N) is 7. The first-order valence-corrected chi connectivity index (χ1v) is 8.86. The van der Waals surface area contributed by atoms with E-state index in [1.54, 1.807) is 0 Å². The van der Waals surface area contributed by atoms with Crippen molar-refractivity contribution in [1.29, 1.82) is 0 Å². The van der Waals surface area contributed by atoms with Gasteiger partial charge in [-0.3, -0.25) is 0 Å². The zero-order valence-corrected chi connectivity index (χ0v) is 15.4. The van der Waals surface area contributed by atoms with Crippen LogP contribution in [0.25, 0.3) is 0 Å². The second-order valence-electron chi connectivity index (χ2n) is 4.85. The van der Waals surface area contributed by atoms with Crippen LogP contribution in [0.4, 0.5) is 0 Å². The van der Waals surface area contributed by atoms with Gasteiger partial charge in [0.15, 0.2) is 0 Å². The van der Waals surface area contributed by atoms with E-state index in [9.17, 15) is 0 Å². The number of unbranched alkanes of at least 4 members (excludes halogenated alkanes) is 4. The summed E-state index contributed by atoms with van der Waals surface area (Å²) in [4.78, 5) is 0. The topological polar surface area (TPSA) is 182 Å². The summed E-state index contributed by atoms with van der Waals surface area (Å²) in [5.74, 6) is 0. The molecule has 0 aromatic heterocycles. The Labute approximate surface area is 145 Å². The molecule has 0 aliphatic rings. The van der Waals surface area contributed by atoms with Gasteiger partial charge < -0.3 is 40.1 Å². The van der Waals surface area contributed by atoms with Gasteiger partial charge in [-0.15, -0.1) is 0 Å². The molecule has 14 N–H and O–H groups in total. The van der Waals surface area contributed by atoms with Gasteiger partial charge in [0.05, 0.1) is 0 Å². The minimum absolute atomic E-state index is 0.775. The second kappa shape index (κ2) is 43.0. The molecule has 0 atom stereocenters. The van der Waals surface area contributed by atoms with Crippen molar-refractivity contribution in [3.8, 4) is 0 Å². The zero-order chi connectivity index (χ0) is 18.6. The van der Waals surface area contributed by atoms with Gasteiger partial charge in [-0.25, -0.2) is 0 Å². The van der Waals surface area contributed by atoms with E-state index < -0.39 is 0 Å². The summed E-state index contributed by atoms with van der Waals surface area (Å²) >= 11 is 0. The predicted molar refractivity (Wildman–Crippen MR) is 106 cm³/mol. The Kier molecular flexibility index (Phi) is 57.2. The van der Waals surface area contributed by atoms with E-state index in [1.807, 2.05) is 0 Å². The van der Waals surface area contributed by atoms with E-state index in [0.717, 1.165) is 97.2 Å². The Morgan fingerprint density at radius 3 is 0.565 bits per heavy atom. The highest BCUT2D eigenvalue weighted by molar-refractivity contribution is 4.39. The number of hydrogen-bond donors (Lipinski definition) is 7. The van der Waals surface area contributed by atoms with Crippen molar-refractivity contribution in [2.45, 2.75) is 51.4 Å². The van der Waals surface area contributed by atoms with Gasteiger partial charge in [0, 0.05) is 0 Å². The maximum absolute atomic E-state index is 5.16. The Bertz CT molecular complexity index is 105. The van der Waals surface area contributed by atoms with Crippen LogP contribution in [0.1, 0.15) is 51.4 Å². The lowest BCUT2D eigenvalue weighted by atomic mass is 10.3. The maximum atomic E-state index is 5.16. The molecular formula is C16H46N7. The Balaban J connectivity index is -0.000000105. The Hall–Kier alpha value is -0.280. The standard InChI is InChI=1S/3C4H12N2.C4H10N/c3*5-3-1-2-4-6;1-2-3-4-5/h3*1-6H2;1-5H2. The molecule has 0 amide bonds. The van der Waals surface area contributed by atoms with E-state index in [4.69, 9.17) is 40.1 Å². The van der Waals surface area contributed by atoms with Gasteiger partial charge in [0.1, 0.15) is 0 Å². The van der Waals surface area contributed by atoms with Gasteiger partial charge >= 0.3 is 0 Å². The molecule has 0 aliphatic heterocycles. The molecule has 0 rings (SSSR count). The molecule has 0 fully saturated rings. The summed E-state index contributed by atoms with van der Waals surface area (Å²) < 4.78 is 0. The first-order valence-electron chi connectivity index (χ1n) is 8.86. The summed E-state index contributed by atoms with van der Waals surface area (Å²) in [6, 6.07) is 0. The van der Waals surface area contributed by atoms with E-state index in [-0.39, 0.29) is 0 Å². The molecule has 0 spiro atoms. The van der Waals surface area contributed by atoms with Gasteiger partial charge in [-0.05, 0) is 90.8 Å². The average molecular weight is 337 g/mol. The quantitative estimate of drug-likeness (QED) is 0.251. The largest absolute Gasteiger partial charge is 0.330 e. The van der Waals surface area contributed by atoms with Crippen LogP contribution in [0.5, 0.6) is 0 Å². The van der Waals surface area contributed by atoms with Crippen molar-refractivity contribution in [3.63, 3.8) is 0 Å². The van der Waals surface area contributed by atoms with Crippen molar-refractivity contribution in [2.75, 3.05) is 45.8 Å². The van der Waals surface area contributed by atoms with E-state index >= 15 is 0 Å². The van der Waals surface area contributed by atoms with Crippen LogP contribution in [0, 0.1) is 6.92 Å². The molecule has 0 saturated carbocycles. The summed E-state index contributed by atoms with van der Waals surface area (Å²) in [6.07, 6.45) is 8.42. The highest BCUT2D eigenvalue weighted by Crippen LogP contribution is 1.78. The van der Waals surface area contributed by atoms with Crippen LogP contribution in [0.3, 0.4) is 0 Å². The van der Waals surface area contributed by atoms with Crippen molar-refractivity contribution in [2.24, 2.45) is 40.1 Å². The van der Waals surface area contributed by atoms with Crippen LogP contribution < -0.4 is 40.1 Å². The molecule has 7 nitrogen and oxygen atoms in total. The predicted octanol–water partition coefficient (Wildman–Crippen LogP) is -0.389. The van der Waals surface area contributed by atoms with E-state index in [1.165, 1.54) is 0 Å².